The lowest BCUT2D eigenvalue weighted by Gasteiger charge is -2.47. The average Bonchev–Trinajstić information content (AvgIpc) is 2.88. The van der Waals surface area contributed by atoms with Crippen LogP contribution in [-0.2, 0) is 4.79 Å². The number of benzene rings is 3. The first kappa shape index (κ1) is 25.3. The van der Waals surface area contributed by atoms with E-state index in [1.807, 2.05) is 42.5 Å². The van der Waals surface area contributed by atoms with Gasteiger partial charge in [0.25, 0.3) is 5.91 Å². The van der Waals surface area contributed by atoms with Crippen LogP contribution in [0.5, 0.6) is 11.5 Å². The van der Waals surface area contributed by atoms with E-state index in [0.29, 0.717) is 11.7 Å². The van der Waals surface area contributed by atoms with Gasteiger partial charge < -0.3 is 14.4 Å². The van der Waals surface area contributed by atoms with Crippen LogP contribution in [0.1, 0.15) is 51.2 Å². The van der Waals surface area contributed by atoms with Crippen LogP contribution in [0, 0.1) is 0 Å². The first-order chi connectivity index (χ1) is 17.3. The Balaban J connectivity index is 1.38. The van der Waals surface area contributed by atoms with Crippen molar-refractivity contribution in [2.45, 2.75) is 45.6 Å². The summed E-state index contributed by atoms with van der Waals surface area (Å²) < 4.78 is 11.3. The normalized spacial score (nSPS) is 16.5. The van der Waals surface area contributed by atoms with Gasteiger partial charge in [0.05, 0.1) is 13.3 Å². The Morgan fingerprint density at radius 3 is 2.47 bits per heavy atom. The molecule has 0 saturated carbocycles. The summed E-state index contributed by atoms with van der Waals surface area (Å²) in [4.78, 5) is 14.7. The molecule has 1 atom stereocenters. The molecule has 0 spiro atoms. The van der Waals surface area contributed by atoms with Gasteiger partial charge in [-0.1, -0.05) is 49.4 Å². The van der Waals surface area contributed by atoms with Crippen LogP contribution >= 0.6 is 0 Å². The molecule has 0 aliphatic carbocycles. The maximum Gasteiger partial charge on any atom is 0.277 e. The summed E-state index contributed by atoms with van der Waals surface area (Å²) in [5.74, 6) is 1.43. The summed E-state index contributed by atoms with van der Waals surface area (Å²) in [6.07, 6.45) is 2.70. The molecule has 1 aliphatic rings. The zero-order chi connectivity index (χ0) is 25.7. The van der Waals surface area contributed by atoms with Gasteiger partial charge in [-0.05, 0) is 68.0 Å². The number of nitrogens with zero attached hydrogens (tertiary/aromatic N) is 2. The number of hydrogen-bond donors (Lipinski definition) is 1. The van der Waals surface area contributed by atoms with Gasteiger partial charge in [0.2, 0.25) is 0 Å². The lowest BCUT2D eigenvalue weighted by Crippen LogP contribution is -2.48. The van der Waals surface area contributed by atoms with Gasteiger partial charge in [-0.3, -0.25) is 4.79 Å². The Kier molecular flexibility index (Phi) is 7.63. The fourth-order valence-corrected chi connectivity index (χ4v) is 5.13. The molecule has 188 valence electrons. The van der Waals surface area contributed by atoms with E-state index < -0.39 is 0 Å². The number of anilines is 1. The second-order valence-electron chi connectivity index (χ2n) is 9.79. The van der Waals surface area contributed by atoms with Crippen LogP contribution in [0.4, 0.5) is 5.69 Å². The van der Waals surface area contributed by atoms with Gasteiger partial charge in [0.1, 0.15) is 11.5 Å². The van der Waals surface area contributed by atoms with Gasteiger partial charge in [-0.15, -0.1) is 0 Å². The molecule has 3 aromatic rings. The fourth-order valence-electron chi connectivity index (χ4n) is 5.13. The number of hydrazone groups is 1. The predicted octanol–water partition coefficient (Wildman–Crippen LogP) is 6.00. The molecular weight excluding hydrogens is 450 g/mol. The van der Waals surface area contributed by atoms with Crippen LogP contribution in [0.3, 0.4) is 0 Å². The van der Waals surface area contributed by atoms with Crippen molar-refractivity contribution in [3.63, 3.8) is 0 Å². The van der Waals surface area contributed by atoms with Crippen molar-refractivity contribution in [2.75, 3.05) is 25.2 Å². The van der Waals surface area contributed by atoms with Crippen molar-refractivity contribution >= 4 is 17.8 Å². The highest BCUT2D eigenvalue weighted by atomic mass is 16.5. The molecule has 3 aromatic carbocycles. The van der Waals surface area contributed by atoms with E-state index in [9.17, 15) is 4.79 Å². The molecule has 0 aromatic heterocycles. The van der Waals surface area contributed by atoms with Crippen molar-refractivity contribution in [3.05, 3.63) is 77.9 Å². The fraction of sp³-hybridized carbons (Fsp3) is 0.333. The Labute approximate surface area is 213 Å². The Morgan fingerprint density at radius 1 is 1.11 bits per heavy atom. The highest BCUT2D eigenvalue weighted by molar-refractivity contribution is 5.87. The number of carbonyl (C=O) groups is 1. The lowest BCUT2D eigenvalue weighted by molar-refractivity contribution is -0.123. The minimum absolute atomic E-state index is 0.0810. The molecule has 0 saturated heterocycles. The summed E-state index contributed by atoms with van der Waals surface area (Å²) in [7, 11) is 1.65. The van der Waals surface area contributed by atoms with Crippen molar-refractivity contribution in [2.24, 2.45) is 5.10 Å². The number of amides is 1. The third kappa shape index (κ3) is 5.54. The van der Waals surface area contributed by atoms with Gasteiger partial charge in [0, 0.05) is 29.4 Å². The van der Waals surface area contributed by atoms with Crippen molar-refractivity contribution in [3.8, 4) is 22.6 Å². The van der Waals surface area contributed by atoms with Crippen LogP contribution in [0.15, 0.2) is 71.8 Å². The molecule has 1 N–H and O–H groups in total. The molecule has 0 radical (unpaired) electrons. The number of methoxy groups -OCH3 is 1. The molecule has 0 bridgehead atoms. The number of nitrogens with one attached hydrogen (secondary N) is 1. The topological polar surface area (TPSA) is 63.2 Å². The summed E-state index contributed by atoms with van der Waals surface area (Å²) >= 11 is 0. The van der Waals surface area contributed by atoms with Crippen molar-refractivity contribution in [1.29, 1.82) is 0 Å². The largest absolute Gasteiger partial charge is 0.496 e. The molecule has 6 heteroatoms. The van der Waals surface area contributed by atoms with Crippen molar-refractivity contribution in [1.82, 2.24) is 5.43 Å². The number of carbonyl (C=O) groups excluding carboxylic acids is 1. The van der Waals surface area contributed by atoms with Crippen LogP contribution in [-0.4, -0.2) is 37.9 Å². The minimum atomic E-state index is -0.331. The second kappa shape index (κ2) is 10.9. The van der Waals surface area contributed by atoms with E-state index in [1.54, 1.807) is 13.3 Å². The van der Waals surface area contributed by atoms with Crippen molar-refractivity contribution < 1.29 is 14.3 Å². The summed E-state index contributed by atoms with van der Waals surface area (Å²) in [6, 6.07) is 22.0. The third-order valence-electron chi connectivity index (χ3n) is 6.78. The van der Waals surface area contributed by atoms with E-state index >= 15 is 0 Å². The molecule has 1 heterocycles. The van der Waals surface area contributed by atoms with E-state index in [4.69, 9.17) is 9.47 Å². The van der Waals surface area contributed by atoms with Gasteiger partial charge in [-0.2, -0.15) is 5.10 Å². The zero-order valence-electron chi connectivity index (χ0n) is 21.7. The molecule has 1 unspecified atom stereocenters. The lowest BCUT2D eigenvalue weighted by atomic mass is 9.79. The van der Waals surface area contributed by atoms with E-state index in [-0.39, 0.29) is 18.1 Å². The summed E-state index contributed by atoms with van der Waals surface area (Å²) in [5.41, 5.74) is 8.16. The van der Waals surface area contributed by atoms with E-state index in [2.05, 4.69) is 67.4 Å². The molecular formula is C30H35N3O3. The molecule has 4 rings (SSSR count). The number of fused-ring (bicyclic) bond motifs is 1. The molecule has 6 nitrogen and oxygen atoms in total. The van der Waals surface area contributed by atoms with Gasteiger partial charge in [0.15, 0.2) is 6.61 Å². The Morgan fingerprint density at radius 2 is 1.81 bits per heavy atom. The van der Waals surface area contributed by atoms with E-state index in [0.717, 1.165) is 35.4 Å². The van der Waals surface area contributed by atoms with E-state index in [1.165, 1.54) is 11.3 Å². The summed E-state index contributed by atoms with van der Waals surface area (Å²) in [6.45, 7) is 9.81. The third-order valence-corrected chi connectivity index (χ3v) is 6.78. The quantitative estimate of drug-likeness (QED) is 0.314. The van der Waals surface area contributed by atoms with Crippen LogP contribution < -0.4 is 19.8 Å². The predicted molar refractivity (Wildman–Crippen MR) is 146 cm³/mol. The standard InChI is InChI=1S/C30H35N3O3/c1-6-33-27-17-28(35-5)24(16-26(27)21(2)18-30(33,3)4)19-31-32-29(34)20-36-25-14-12-23(13-15-25)22-10-8-7-9-11-22/h7-17,19,21H,6,18,20H2,1-5H3,(H,32,34)/b31-19+. The zero-order valence-corrected chi connectivity index (χ0v) is 21.7. The first-order valence-corrected chi connectivity index (χ1v) is 12.4. The van der Waals surface area contributed by atoms with Gasteiger partial charge in [-0.25, -0.2) is 5.43 Å². The Bertz CT molecular complexity index is 1220. The van der Waals surface area contributed by atoms with Crippen LogP contribution in [0.25, 0.3) is 11.1 Å². The molecule has 0 fully saturated rings. The summed E-state index contributed by atoms with van der Waals surface area (Å²) in [5, 5.41) is 4.16. The average molecular weight is 486 g/mol. The molecule has 36 heavy (non-hydrogen) atoms. The molecule has 1 amide bonds. The number of hydrogen-bond acceptors (Lipinski definition) is 5. The maximum absolute atomic E-state index is 12.3. The smallest absolute Gasteiger partial charge is 0.277 e. The maximum atomic E-state index is 12.3. The highest BCUT2D eigenvalue weighted by Gasteiger charge is 2.36. The molecule has 1 aliphatic heterocycles. The monoisotopic (exact) mass is 485 g/mol. The number of ether oxygens (including phenoxy) is 2. The Hall–Kier alpha value is -3.80. The number of rotatable bonds is 8. The van der Waals surface area contributed by atoms with Crippen LogP contribution in [0.2, 0.25) is 0 Å². The van der Waals surface area contributed by atoms with Gasteiger partial charge >= 0.3 is 0 Å². The SMILES string of the molecule is CCN1c2cc(OC)c(/C=N/NC(=O)COc3ccc(-c4ccccc4)cc3)cc2C(C)CC1(C)C. The second-order valence-corrected chi connectivity index (χ2v) is 9.79. The highest BCUT2D eigenvalue weighted by Crippen LogP contribution is 2.45. The first-order valence-electron chi connectivity index (χ1n) is 12.4. The minimum Gasteiger partial charge on any atom is -0.496 e.